The van der Waals surface area contributed by atoms with Crippen LogP contribution in [-0.4, -0.2) is 13.2 Å². The Balaban J connectivity index is 2.25. The molecule has 0 aliphatic carbocycles. The lowest BCUT2D eigenvalue weighted by Crippen LogP contribution is -2.11. The third kappa shape index (κ3) is 6.32. The standard InChI is InChI=1S/C15H25NO/c1-4-16-12-14-7-9-15(10-8-14)17-11-5-6-13(2)3/h7-10,13,16H,4-6,11-12H2,1-3H3. The first-order valence-electron chi connectivity index (χ1n) is 6.64. The molecule has 0 heterocycles. The summed E-state index contributed by atoms with van der Waals surface area (Å²) in [5.74, 6) is 1.75. The van der Waals surface area contributed by atoms with E-state index in [9.17, 15) is 0 Å². The van der Waals surface area contributed by atoms with Gasteiger partial charge < -0.3 is 10.1 Å². The average Bonchev–Trinajstić information content (AvgIpc) is 2.33. The predicted molar refractivity (Wildman–Crippen MR) is 73.4 cm³/mol. The molecule has 0 spiro atoms. The lowest BCUT2D eigenvalue weighted by Gasteiger charge is -2.08. The highest BCUT2D eigenvalue weighted by Gasteiger charge is 1.97. The van der Waals surface area contributed by atoms with Gasteiger partial charge in [0.25, 0.3) is 0 Å². The summed E-state index contributed by atoms with van der Waals surface area (Å²) in [7, 11) is 0. The number of hydrogen-bond acceptors (Lipinski definition) is 2. The molecule has 0 saturated heterocycles. The largest absolute Gasteiger partial charge is 0.494 e. The zero-order valence-corrected chi connectivity index (χ0v) is 11.3. The van der Waals surface area contributed by atoms with Crippen molar-refractivity contribution in [2.45, 2.75) is 40.2 Å². The van der Waals surface area contributed by atoms with E-state index < -0.39 is 0 Å². The quantitative estimate of drug-likeness (QED) is 0.695. The molecule has 0 saturated carbocycles. The third-order valence-electron chi connectivity index (χ3n) is 2.70. The van der Waals surface area contributed by atoms with Gasteiger partial charge in [-0.2, -0.15) is 0 Å². The Kier molecular flexibility index (Phi) is 6.71. The van der Waals surface area contributed by atoms with Gasteiger partial charge in [0.2, 0.25) is 0 Å². The van der Waals surface area contributed by atoms with Gasteiger partial charge in [0.1, 0.15) is 5.75 Å². The van der Waals surface area contributed by atoms with Crippen molar-refractivity contribution in [1.82, 2.24) is 5.32 Å². The van der Waals surface area contributed by atoms with E-state index in [2.05, 4.69) is 50.4 Å². The number of nitrogens with one attached hydrogen (secondary N) is 1. The number of rotatable bonds is 8. The van der Waals surface area contributed by atoms with Crippen molar-refractivity contribution in [2.75, 3.05) is 13.2 Å². The molecule has 0 unspecified atom stereocenters. The summed E-state index contributed by atoms with van der Waals surface area (Å²) in [6.07, 6.45) is 2.37. The minimum absolute atomic E-state index is 0.765. The number of benzene rings is 1. The van der Waals surface area contributed by atoms with Crippen LogP contribution in [0.5, 0.6) is 5.75 Å². The summed E-state index contributed by atoms with van der Waals surface area (Å²) in [5, 5.41) is 3.31. The second-order valence-corrected chi connectivity index (χ2v) is 4.81. The first kappa shape index (κ1) is 14.0. The molecule has 0 aliphatic heterocycles. The van der Waals surface area contributed by atoms with Crippen LogP contribution < -0.4 is 10.1 Å². The second kappa shape index (κ2) is 8.13. The summed E-state index contributed by atoms with van der Waals surface area (Å²) < 4.78 is 5.70. The molecule has 0 aliphatic rings. The third-order valence-corrected chi connectivity index (χ3v) is 2.70. The van der Waals surface area contributed by atoms with E-state index in [4.69, 9.17) is 4.74 Å². The molecular formula is C15H25NO. The van der Waals surface area contributed by atoms with Gasteiger partial charge >= 0.3 is 0 Å². The molecule has 2 nitrogen and oxygen atoms in total. The lowest BCUT2D eigenvalue weighted by molar-refractivity contribution is 0.297. The first-order chi connectivity index (χ1) is 8.22. The minimum Gasteiger partial charge on any atom is -0.494 e. The maximum absolute atomic E-state index is 5.70. The van der Waals surface area contributed by atoms with Gasteiger partial charge in [-0.1, -0.05) is 32.9 Å². The predicted octanol–water partition coefficient (Wildman–Crippen LogP) is 3.61. The Labute approximate surface area is 105 Å². The molecule has 1 aromatic rings. The molecule has 0 radical (unpaired) electrons. The SMILES string of the molecule is CCNCc1ccc(OCCCC(C)C)cc1. The van der Waals surface area contributed by atoms with Crippen LogP contribution in [0, 0.1) is 5.92 Å². The van der Waals surface area contributed by atoms with Crippen molar-refractivity contribution < 1.29 is 4.74 Å². The van der Waals surface area contributed by atoms with E-state index in [1.807, 2.05) is 0 Å². The van der Waals surface area contributed by atoms with Crippen molar-refractivity contribution in [3.63, 3.8) is 0 Å². The Bertz CT molecular complexity index is 292. The topological polar surface area (TPSA) is 21.3 Å². The van der Waals surface area contributed by atoms with Crippen LogP contribution in [0.3, 0.4) is 0 Å². The molecular weight excluding hydrogens is 210 g/mol. The summed E-state index contributed by atoms with van der Waals surface area (Å²) in [6, 6.07) is 8.37. The number of ether oxygens (including phenoxy) is 1. The molecule has 0 fully saturated rings. The molecule has 2 heteroatoms. The number of hydrogen-bond donors (Lipinski definition) is 1. The van der Waals surface area contributed by atoms with Crippen molar-refractivity contribution in [3.8, 4) is 5.75 Å². The van der Waals surface area contributed by atoms with Crippen LogP contribution >= 0.6 is 0 Å². The van der Waals surface area contributed by atoms with Crippen LogP contribution in [0.4, 0.5) is 0 Å². The van der Waals surface area contributed by atoms with E-state index in [1.165, 1.54) is 12.0 Å². The Hall–Kier alpha value is -1.02. The highest BCUT2D eigenvalue weighted by atomic mass is 16.5. The summed E-state index contributed by atoms with van der Waals surface area (Å²) in [6.45, 7) is 9.37. The summed E-state index contributed by atoms with van der Waals surface area (Å²) >= 11 is 0. The van der Waals surface area contributed by atoms with Crippen molar-refractivity contribution in [3.05, 3.63) is 29.8 Å². The molecule has 1 N–H and O–H groups in total. The van der Waals surface area contributed by atoms with Crippen LogP contribution in [-0.2, 0) is 6.54 Å². The van der Waals surface area contributed by atoms with Crippen LogP contribution in [0.15, 0.2) is 24.3 Å². The first-order valence-corrected chi connectivity index (χ1v) is 6.64. The van der Waals surface area contributed by atoms with Gasteiger partial charge in [0.05, 0.1) is 6.61 Å². The fourth-order valence-electron chi connectivity index (χ4n) is 1.65. The molecule has 1 aromatic carbocycles. The monoisotopic (exact) mass is 235 g/mol. The van der Waals surface area contributed by atoms with Gasteiger partial charge in [0.15, 0.2) is 0 Å². The van der Waals surface area contributed by atoms with Gasteiger partial charge in [0, 0.05) is 6.54 Å². The van der Waals surface area contributed by atoms with E-state index in [-0.39, 0.29) is 0 Å². The van der Waals surface area contributed by atoms with Gasteiger partial charge in [-0.3, -0.25) is 0 Å². The normalized spacial score (nSPS) is 10.8. The Morgan fingerprint density at radius 3 is 2.47 bits per heavy atom. The molecule has 96 valence electrons. The van der Waals surface area contributed by atoms with Gasteiger partial charge in [-0.25, -0.2) is 0 Å². The highest BCUT2D eigenvalue weighted by Crippen LogP contribution is 2.13. The van der Waals surface area contributed by atoms with Crippen molar-refractivity contribution >= 4 is 0 Å². The maximum atomic E-state index is 5.70. The van der Waals surface area contributed by atoms with Gasteiger partial charge in [-0.05, 0) is 43.0 Å². The summed E-state index contributed by atoms with van der Waals surface area (Å²) in [4.78, 5) is 0. The molecule has 0 atom stereocenters. The zero-order valence-electron chi connectivity index (χ0n) is 11.3. The zero-order chi connectivity index (χ0) is 12.5. The van der Waals surface area contributed by atoms with Crippen LogP contribution in [0.25, 0.3) is 0 Å². The molecule has 0 aromatic heterocycles. The Morgan fingerprint density at radius 1 is 1.18 bits per heavy atom. The molecule has 17 heavy (non-hydrogen) atoms. The minimum atomic E-state index is 0.765. The van der Waals surface area contributed by atoms with E-state index in [1.54, 1.807) is 0 Å². The van der Waals surface area contributed by atoms with Crippen molar-refractivity contribution in [1.29, 1.82) is 0 Å². The molecule has 0 amide bonds. The van der Waals surface area contributed by atoms with E-state index in [0.717, 1.165) is 37.8 Å². The fourth-order valence-corrected chi connectivity index (χ4v) is 1.65. The lowest BCUT2D eigenvalue weighted by atomic mass is 10.1. The second-order valence-electron chi connectivity index (χ2n) is 4.81. The summed E-state index contributed by atoms with van der Waals surface area (Å²) in [5.41, 5.74) is 1.31. The maximum Gasteiger partial charge on any atom is 0.119 e. The van der Waals surface area contributed by atoms with Crippen LogP contribution in [0.1, 0.15) is 39.2 Å². The molecule has 1 rings (SSSR count). The average molecular weight is 235 g/mol. The highest BCUT2D eigenvalue weighted by molar-refractivity contribution is 5.27. The fraction of sp³-hybridized carbons (Fsp3) is 0.600. The Morgan fingerprint density at radius 2 is 1.88 bits per heavy atom. The molecule has 0 bridgehead atoms. The van der Waals surface area contributed by atoms with E-state index >= 15 is 0 Å². The smallest absolute Gasteiger partial charge is 0.119 e. The van der Waals surface area contributed by atoms with Gasteiger partial charge in [-0.15, -0.1) is 0 Å². The van der Waals surface area contributed by atoms with Crippen LogP contribution in [0.2, 0.25) is 0 Å². The van der Waals surface area contributed by atoms with E-state index in [0.29, 0.717) is 0 Å². The van der Waals surface area contributed by atoms with Crippen molar-refractivity contribution in [2.24, 2.45) is 5.92 Å².